The van der Waals surface area contributed by atoms with E-state index in [9.17, 15) is 4.79 Å². The van der Waals surface area contributed by atoms with Gasteiger partial charge in [-0.15, -0.1) is 11.3 Å². The maximum absolute atomic E-state index is 11.9. The molecule has 1 N–H and O–H groups in total. The van der Waals surface area contributed by atoms with Crippen molar-refractivity contribution in [2.75, 3.05) is 13.2 Å². The van der Waals surface area contributed by atoms with Crippen LogP contribution in [0.2, 0.25) is 0 Å². The van der Waals surface area contributed by atoms with Crippen LogP contribution in [0.1, 0.15) is 37.7 Å². The number of carbonyl (C=O) groups is 1. The number of carbonyl (C=O) groups excluding carboxylic acids is 1. The van der Waals surface area contributed by atoms with Gasteiger partial charge in [0.1, 0.15) is 16.5 Å². The van der Waals surface area contributed by atoms with E-state index in [0.717, 1.165) is 22.7 Å². The standard InChI is InChI=1S/C17H22N2O2S/c1-4-9-18-16(20)14-11-22-17(19-14)13-7-5-6-8-15(13)21-10-12(2)3/h5-8,11-12H,4,9-10H2,1-3H3,(H,18,20). The molecule has 4 nitrogen and oxygen atoms in total. The minimum atomic E-state index is -0.120. The first-order valence-electron chi connectivity index (χ1n) is 7.57. The molecule has 0 unspecified atom stereocenters. The van der Waals surface area contributed by atoms with Crippen LogP contribution in [0.15, 0.2) is 29.6 Å². The lowest BCUT2D eigenvalue weighted by molar-refractivity contribution is 0.0949. The van der Waals surface area contributed by atoms with E-state index in [1.54, 1.807) is 5.38 Å². The molecule has 0 radical (unpaired) electrons. The predicted octanol–water partition coefficient (Wildman–Crippen LogP) is 3.98. The van der Waals surface area contributed by atoms with Crippen LogP contribution in [-0.2, 0) is 0 Å². The van der Waals surface area contributed by atoms with Crippen LogP contribution in [0.25, 0.3) is 10.6 Å². The topological polar surface area (TPSA) is 51.2 Å². The SMILES string of the molecule is CCCNC(=O)c1csc(-c2ccccc2OCC(C)C)n1. The molecule has 118 valence electrons. The highest BCUT2D eigenvalue weighted by molar-refractivity contribution is 7.13. The van der Waals surface area contributed by atoms with E-state index in [0.29, 0.717) is 24.8 Å². The largest absolute Gasteiger partial charge is 0.493 e. The molecule has 0 aliphatic heterocycles. The summed E-state index contributed by atoms with van der Waals surface area (Å²) in [4.78, 5) is 16.4. The highest BCUT2D eigenvalue weighted by atomic mass is 32.1. The lowest BCUT2D eigenvalue weighted by Crippen LogP contribution is -2.24. The Balaban J connectivity index is 2.18. The number of benzene rings is 1. The van der Waals surface area contributed by atoms with Crippen LogP contribution in [0, 0.1) is 5.92 Å². The molecule has 0 atom stereocenters. The summed E-state index contributed by atoms with van der Waals surface area (Å²) >= 11 is 1.46. The fourth-order valence-corrected chi connectivity index (χ4v) is 2.69. The van der Waals surface area contributed by atoms with E-state index in [-0.39, 0.29) is 5.91 Å². The molecule has 0 spiro atoms. The highest BCUT2D eigenvalue weighted by Gasteiger charge is 2.14. The van der Waals surface area contributed by atoms with Gasteiger partial charge in [-0.1, -0.05) is 32.9 Å². The highest BCUT2D eigenvalue weighted by Crippen LogP contribution is 2.32. The lowest BCUT2D eigenvalue weighted by Gasteiger charge is -2.11. The third-order valence-corrected chi connectivity index (χ3v) is 3.84. The minimum absolute atomic E-state index is 0.120. The first-order valence-corrected chi connectivity index (χ1v) is 8.45. The van der Waals surface area contributed by atoms with Crippen LogP contribution in [-0.4, -0.2) is 24.0 Å². The molecule has 22 heavy (non-hydrogen) atoms. The Morgan fingerprint density at radius 2 is 2.14 bits per heavy atom. The van der Waals surface area contributed by atoms with E-state index < -0.39 is 0 Å². The van der Waals surface area contributed by atoms with Gasteiger partial charge in [0, 0.05) is 11.9 Å². The van der Waals surface area contributed by atoms with Crippen molar-refractivity contribution in [3.63, 3.8) is 0 Å². The third kappa shape index (κ3) is 4.31. The van der Waals surface area contributed by atoms with Gasteiger partial charge >= 0.3 is 0 Å². The van der Waals surface area contributed by atoms with Gasteiger partial charge in [0.15, 0.2) is 0 Å². The molecule has 2 rings (SSSR count). The van der Waals surface area contributed by atoms with Crippen LogP contribution >= 0.6 is 11.3 Å². The normalized spacial score (nSPS) is 10.7. The Hall–Kier alpha value is -1.88. The second kappa shape index (κ2) is 7.94. The smallest absolute Gasteiger partial charge is 0.270 e. The Morgan fingerprint density at radius 3 is 2.86 bits per heavy atom. The molecule has 2 aromatic rings. The zero-order valence-corrected chi connectivity index (χ0v) is 14.1. The second-order valence-electron chi connectivity index (χ2n) is 5.49. The van der Waals surface area contributed by atoms with Gasteiger partial charge in [-0.2, -0.15) is 0 Å². The van der Waals surface area contributed by atoms with Crippen molar-refractivity contribution < 1.29 is 9.53 Å². The fourth-order valence-electron chi connectivity index (χ4n) is 1.86. The Morgan fingerprint density at radius 1 is 1.36 bits per heavy atom. The molecule has 1 heterocycles. The van der Waals surface area contributed by atoms with Crippen LogP contribution in [0.5, 0.6) is 5.75 Å². The first kappa shape index (κ1) is 16.5. The summed E-state index contributed by atoms with van der Waals surface area (Å²) in [5.74, 6) is 1.15. The Bertz CT molecular complexity index is 623. The van der Waals surface area contributed by atoms with Crippen LogP contribution in [0.3, 0.4) is 0 Å². The maximum Gasteiger partial charge on any atom is 0.270 e. The molecular weight excluding hydrogens is 296 g/mol. The predicted molar refractivity (Wildman–Crippen MR) is 90.5 cm³/mol. The van der Waals surface area contributed by atoms with Crippen molar-refractivity contribution in [3.05, 3.63) is 35.3 Å². The molecule has 0 saturated heterocycles. The molecule has 0 bridgehead atoms. The van der Waals surface area contributed by atoms with Gasteiger partial charge in [0.05, 0.1) is 12.2 Å². The van der Waals surface area contributed by atoms with Crippen molar-refractivity contribution in [2.45, 2.75) is 27.2 Å². The van der Waals surface area contributed by atoms with Gasteiger partial charge in [0.2, 0.25) is 0 Å². The van der Waals surface area contributed by atoms with Gasteiger partial charge in [-0.25, -0.2) is 4.98 Å². The van der Waals surface area contributed by atoms with Gasteiger partial charge in [-0.3, -0.25) is 4.79 Å². The summed E-state index contributed by atoms with van der Waals surface area (Å²) in [6, 6.07) is 7.82. The summed E-state index contributed by atoms with van der Waals surface area (Å²) in [5.41, 5.74) is 1.40. The van der Waals surface area contributed by atoms with Gasteiger partial charge in [0.25, 0.3) is 5.91 Å². The summed E-state index contributed by atoms with van der Waals surface area (Å²) in [6.45, 7) is 7.57. The molecule has 0 aliphatic rings. The van der Waals surface area contributed by atoms with E-state index in [4.69, 9.17) is 4.74 Å². The minimum Gasteiger partial charge on any atom is -0.493 e. The van der Waals surface area contributed by atoms with Crippen molar-refractivity contribution >= 4 is 17.2 Å². The summed E-state index contributed by atoms with van der Waals surface area (Å²) < 4.78 is 5.85. The average Bonchev–Trinajstić information content (AvgIpc) is 3.00. The fraction of sp³-hybridized carbons (Fsp3) is 0.412. The Kier molecular flexibility index (Phi) is 5.95. The number of thiazole rings is 1. The number of hydrogen-bond donors (Lipinski definition) is 1. The number of amides is 1. The van der Waals surface area contributed by atoms with Crippen LogP contribution < -0.4 is 10.1 Å². The van der Waals surface area contributed by atoms with Crippen molar-refractivity contribution in [1.29, 1.82) is 0 Å². The zero-order chi connectivity index (χ0) is 15.9. The third-order valence-electron chi connectivity index (χ3n) is 2.96. The summed E-state index contributed by atoms with van der Waals surface area (Å²) in [7, 11) is 0. The number of hydrogen-bond acceptors (Lipinski definition) is 4. The average molecular weight is 318 g/mol. The van der Waals surface area contributed by atoms with Crippen molar-refractivity contribution in [3.8, 4) is 16.3 Å². The zero-order valence-electron chi connectivity index (χ0n) is 13.3. The van der Waals surface area contributed by atoms with E-state index in [2.05, 4.69) is 24.1 Å². The maximum atomic E-state index is 11.9. The molecular formula is C17H22N2O2S. The van der Waals surface area contributed by atoms with Crippen molar-refractivity contribution in [1.82, 2.24) is 10.3 Å². The molecule has 0 saturated carbocycles. The van der Waals surface area contributed by atoms with Gasteiger partial charge < -0.3 is 10.1 Å². The summed E-state index contributed by atoms with van der Waals surface area (Å²) in [6.07, 6.45) is 0.911. The molecule has 1 amide bonds. The monoisotopic (exact) mass is 318 g/mol. The van der Waals surface area contributed by atoms with Gasteiger partial charge in [-0.05, 0) is 24.5 Å². The van der Waals surface area contributed by atoms with Crippen LogP contribution in [0.4, 0.5) is 0 Å². The number of rotatable bonds is 7. The number of ether oxygens (including phenoxy) is 1. The molecule has 5 heteroatoms. The van der Waals surface area contributed by atoms with E-state index >= 15 is 0 Å². The van der Waals surface area contributed by atoms with E-state index in [1.165, 1.54) is 11.3 Å². The lowest BCUT2D eigenvalue weighted by atomic mass is 10.2. The van der Waals surface area contributed by atoms with E-state index in [1.807, 2.05) is 31.2 Å². The number of para-hydroxylation sites is 1. The molecule has 0 aliphatic carbocycles. The first-order chi connectivity index (χ1) is 10.6. The molecule has 1 aromatic carbocycles. The summed E-state index contributed by atoms with van der Waals surface area (Å²) in [5, 5.41) is 5.44. The quantitative estimate of drug-likeness (QED) is 0.840. The second-order valence-corrected chi connectivity index (χ2v) is 6.35. The number of aromatic nitrogens is 1. The number of nitrogens with zero attached hydrogens (tertiary/aromatic N) is 1. The molecule has 0 fully saturated rings. The Labute approximate surface area is 135 Å². The number of nitrogens with one attached hydrogen (secondary N) is 1. The van der Waals surface area contributed by atoms with Crippen molar-refractivity contribution in [2.24, 2.45) is 5.92 Å². The molecule has 1 aromatic heterocycles.